The molecule has 4 rings (SSSR count). The van der Waals surface area contributed by atoms with Crippen LogP contribution in [-0.2, 0) is 9.53 Å². The Bertz CT molecular complexity index is 887. The predicted molar refractivity (Wildman–Crippen MR) is 107 cm³/mol. The van der Waals surface area contributed by atoms with Gasteiger partial charge in [-0.2, -0.15) is 0 Å². The second-order valence-corrected chi connectivity index (χ2v) is 8.84. The number of amides is 2. The minimum Gasteiger partial charge on any atom is -0.444 e. The first kappa shape index (κ1) is 18.8. The highest BCUT2D eigenvalue weighted by molar-refractivity contribution is 5.94. The lowest BCUT2D eigenvalue weighted by molar-refractivity contribution is -0.117. The van der Waals surface area contributed by atoms with Crippen molar-refractivity contribution >= 4 is 28.9 Å². The van der Waals surface area contributed by atoms with Crippen molar-refractivity contribution in [3.8, 4) is 0 Å². The van der Waals surface area contributed by atoms with E-state index in [4.69, 9.17) is 9.72 Å². The molecule has 2 aromatic rings. The van der Waals surface area contributed by atoms with E-state index in [1.165, 1.54) is 0 Å². The van der Waals surface area contributed by atoms with Crippen LogP contribution in [0, 0.1) is 5.92 Å². The maximum Gasteiger partial charge on any atom is 0.410 e. The predicted octanol–water partition coefficient (Wildman–Crippen LogP) is 4.03. The number of nitrogens with one attached hydrogen (secondary N) is 2. The third kappa shape index (κ3) is 4.13. The summed E-state index contributed by atoms with van der Waals surface area (Å²) in [5.41, 5.74) is 2.55. The Morgan fingerprint density at radius 1 is 1.18 bits per heavy atom. The normalized spacial score (nSPS) is 18.3. The van der Waals surface area contributed by atoms with Crippen LogP contribution < -0.4 is 5.32 Å². The Morgan fingerprint density at radius 3 is 2.54 bits per heavy atom. The first-order valence-corrected chi connectivity index (χ1v) is 10.1. The third-order valence-corrected chi connectivity index (χ3v) is 5.34. The zero-order valence-corrected chi connectivity index (χ0v) is 16.7. The van der Waals surface area contributed by atoms with Crippen molar-refractivity contribution in [1.82, 2.24) is 14.9 Å². The molecule has 1 aliphatic heterocycles. The van der Waals surface area contributed by atoms with Gasteiger partial charge in [-0.25, -0.2) is 9.78 Å². The van der Waals surface area contributed by atoms with Gasteiger partial charge in [-0.15, -0.1) is 0 Å². The number of hydrogen-bond donors (Lipinski definition) is 2. The van der Waals surface area contributed by atoms with Crippen molar-refractivity contribution < 1.29 is 14.3 Å². The van der Waals surface area contributed by atoms with Gasteiger partial charge in [0.25, 0.3) is 0 Å². The maximum atomic E-state index is 12.3. The van der Waals surface area contributed by atoms with Crippen LogP contribution >= 0.6 is 0 Å². The van der Waals surface area contributed by atoms with Crippen molar-refractivity contribution in [2.75, 3.05) is 18.4 Å². The van der Waals surface area contributed by atoms with E-state index in [1.54, 1.807) is 4.90 Å². The second-order valence-electron chi connectivity index (χ2n) is 8.84. The molecule has 2 aliphatic rings. The summed E-state index contributed by atoms with van der Waals surface area (Å²) >= 11 is 0. The highest BCUT2D eigenvalue weighted by Gasteiger charge is 2.31. The Kier molecular flexibility index (Phi) is 4.77. The molecule has 28 heavy (non-hydrogen) atoms. The zero-order chi connectivity index (χ0) is 19.9. The van der Waals surface area contributed by atoms with Gasteiger partial charge in [0.05, 0.1) is 11.0 Å². The quantitative estimate of drug-likeness (QED) is 0.836. The molecule has 1 saturated carbocycles. The van der Waals surface area contributed by atoms with E-state index in [0.29, 0.717) is 24.8 Å². The van der Waals surface area contributed by atoms with Gasteiger partial charge < -0.3 is 19.9 Å². The number of hydrogen-bond acceptors (Lipinski definition) is 4. The van der Waals surface area contributed by atoms with E-state index in [9.17, 15) is 9.59 Å². The van der Waals surface area contributed by atoms with E-state index in [-0.39, 0.29) is 17.9 Å². The van der Waals surface area contributed by atoms with Crippen LogP contribution in [0.5, 0.6) is 0 Å². The van der Waals surface area contributed by atoms with Gasteiger partial charge in [-0.3, -0.25) is 4.79 Å². The average molecular weight is 384 g/mol. The largest absolute Gasteiger partial charge is 0.444 e. The highest BCUT2D eigenvalue weighted by atomic mass is 16.6. The number of piperidine rings is 1. The van der Waals surface area contributed by atoms with Crippen LogP contribution in [0.2, 0.25) is 0 Å². The van der Waals surface area contributed by atoms with Crippen molar-refractivity contribution in [2.45, 2.75) is 58.0 Å². The molecule has 2 amide bonds. The lowest BCUT2D eigenvalue weighted by Crippen LogP contribution is -2.41. The zero-order valence-electron chi connectivity index (χ0n) is 16.7. The third-order valence-electron chi connectivity index (χ3n) is 5.34. The fourth-order valence-corrected chi connectivity index (χ4v) is 3.67. The SMILES string of the molecule is CC(C)(C)OC(=O)N1CCC(c2c[nH]c3ccc(NC(=O)C4CC4)nc23)CC1. The van der Waals surface area contributed by atoms with Crippen LogP contribution in [0.3, 0.4) is 0 Å². The van der Waals surface area contributed by atoms with Crippen molar-refractivity contribution in [1.29, 1.82) is 0 Å². The minimum absolute atomic E-state index is 0.0644. The molecule has 2 fully saturated rings. The van der Waals surface area contributed by atoms with Crippen LogP contribution in [0.15, 0.2) is 18.3 Å². The molecule has 3 heterocycles. The van der Waals surface area contributed by atoms with E-state index in [1.807, 2.05) is 39.1 Å². The number of likely N-dealkylation sites (tertiary alicyclic amines) is 1. The molecule has 2 N–H and O–H groups in total. The number of ether oxygens (including phenoxy) is 1. The number of carbonyl (C=O) groups excluding carboxylic acids is 2. The molecule has 0 bridgehead atoms. The summed E-state index contributed by atoms with van der Waals surface area (Å²) < 4.78 is 5.48. The van der Waals surface area contributed by atoms with Gasteiger partial charge in [0, 0.05) is 25.2 Å². The monoisotopic (exact) mass is 384 g/mol. The highest BCUT2D eigenvalue weighted by Crippen LogP contribution is 2.34. The van der Waals surface area contributed by atoms with Crippen LogP contribution in [0.4, 0.5) is 10.6 Å². The minimum atomic E-state index is -0.476. The first-order valence-electron chi connectivity index (χ1n) is 10.1. The Balaban J connectivity index is 1.44. The summed E-state index contributed by atoms with van der Waals surface area (Å²) in [5.74, 6) is 1.15. The van der Waals surface area contributed by atoms with Gasteiger partial charge in [0.2, 0.25) is 5.91 Å². The Labute approximate surface area is 164 Å². The molecular formula is C21H28N4O3. The summed E-state index contributed by atoms with van der Waals surface area (Å²) in [6.07, 6.45) is 5.45. The average Bonchev–Trinajstić information content (AvgIpc) is 3.41. The fraction of sp³-hybridized carbons (Fsp3) is 0.571. The summed E-state index contributed by atoms with van der Waals surface area (Å²) in [6.45, 7) is 6.99. The molecule has 150 valence electrons. The molecule has 2 aromatic heterocycles. The number of anilines is 1. The van der Waals surface area contributed by atoms with Gasteiger partial charge in [0.15, 0.2) is 0 Å². The van der Waals surface area contributed by atoms with E-state index < -0.39 is 5.60 Å². The number of aromatic amines is 1. The van der Waals surface area contributed by atoms with Gasteiger partial charge >= 0.3 is 6.09 Å². The number of pyridine rings is 1. The standard InChI is InChI=1S/C21H28N4O3/c1-21(2,3)28-20(27)25-10-8-13(9-11-25)15-12-22-16-6-7-17(23-18(15)16)24-19(26)14-4-5-14/h6-7,12-14,22H,4-5,8-11H2,1-3H3,(H,23,24,26). The lowest BCUT2D eigenvalue weighted by atomic mass is 9.90. The number of rotatable bonds is 3. The molecule has 0 atom stereocenters. The maximum absolute atomic E-state index is 12.3. The van der Waals surface area contributed by atoms with E-state index in [0.717, 1.165) is 42.3 Å². The number of carbonyl (C=O) groups is 2. The lowest BCUT2D eigenvalue weighted by Gasteiger charge is -2.33. The second kappa shape index (κ2) is 7.11. The summed E-state index contributed by atoms with van der Waals surface area (Å²) in [4.78, 5) is 34.1. The Morgan fingerprint density at radius 2 is 1.89 bits per heavy atom. The van der Waals surface area contributed by atoms with Crippen LogP contribution in [-0.4, -0.2) is 45.6 Å². The molecular weight excluding hydrogens is 356 g/mol. The van der Waals surface area contributed by atoms with Crippen LogP contribution in [0.1, 0.15) is 57.9 Å². The number of fused-ring (bicyclic) bond motifs is 1. The molecule has 1 aliphatic carbocycles. The molecule has 1 saturated heterocycles. The molecule has 0 radical (unpaired) electrons. The topological polar surface area (TPSA) is 87.3 Å². The summed E-state index contributed by atoms with van der Waals surface area (Å²) in [7, 11) is 0. The number of aromatic nitrogens is 2. The van der Waals surface area contributed by atoms with E-state index in [2.05, 4.69) is 10.3 Å². The Hall–Kier alpha value is -2.57. The number of nitrogens with zero attached hydrogens (tertiary/aromatic N) is 2. The van der Waals surface area contributed by atoms with Crippen molar-refractivity contribution in [3.05, 3.63) is 23.9 Å². The van der Waals surface area contributed by atoms with Gasteiger partial charge in [-0.1, -0.05) is 0 Å². The van der Waals surface area contributed by atoms with Gasteiger partial charge in [-0.05, 0) is 70.1 Å². The smallest absolute Gasteiger partial charge is 0.410 e. The molecule has 7 heteroatoms. The van der Waals surface area contributed by atoms with Gasteiger partial charge in [0.1, 0.15) is 11.4 Å². The van der Waals surface area contributed by atoms with E-state index >= 15 is 0 Å². The molecule has 7 nitrogen and oxygen atoms in total. The fourth-order valence-electron chi connectivity index (χ4n) is 3.67. The van der Waals surface area contributed by atoms with Crippen LogP contribution in [0.25, 0.3) is 11.0 Å². The first-order chi connectivity index (χ1) is 13.3. The van der Waals surface area contributed by atoms with Crippen molar-refractivity contribution in [3.63, 3.8) is 0 Å². The molecule has 0 spiro atoms. The molecule has 0 unspecified atom stereocenters. The summed E-state index contributed by atoms with van der Waals surface area (Å²) in [6, 6.07) is 3.80. The van der Waals surface area contributed by atoms with Crippen molar-refractivity contribution in [2.24, 2.45) is 5.92 Å². The number of H-pyrrole nitrogens is 1. The molecule has 0 aromatic carbocycles. The summed E-state index contributed by atoms with van der Waals surface area (Å²) in [5, 5.41) is 2.93.